The van der Waals surface area contributed by atoms with Crippen molar-refractivity contribution in [2.45, 2.75) is 0 Å². The molecule has 0 aromatic carbocycles. The molecule has 0 fully saturated rings. The molecular formula is C7H7ClN4O. The average molecular weight is 199 g/mol. The largest absolute Gasteiger partial charge is 0.366 e. The zero-order valence-electron chi connectivity index (χ0n) is 6.52. The number of primary amides is 1. The second-order valence-electron chi connectivity index (χ2n) is 2.36. The van der Waals surface area contributed by atoms with E-state index in [1.165, 1.54) is 12.5 Å². The number of rotatable bonds is 1. The van der Waals surface area contributed by atoms with Crippen molar-refractivity contribution in [1.29, 1.82) is 0 Å². The van der Waals surface area contributed by atoms with Crippen molar-refractivity contribution in [2.24, 2.45) is 5.73 Å². The number of hydrogen-bond donors (Lipinski definition) is 2. The third kappa shape index (κ3) is 1.59. The molecule has 0 aliphatic carbocycles. The highest BCUT2D eigenvalue weighted by Crippen LogP contribution is 2.06. The smallest absolute Gasteiger partial charge is 0.250 e. The predicted molar refractivity (Wildman–Crippen MR) is 49.7 cm³/mol. The molecule has 0 atom stereocenters. The van der Waals surface area contributed by atoms with E-state index in [2.05, 4.69) is 15.0 Å². The number of carbonyl (C=O) groups excluding carboxylic acids is 1. The number of H-pyrrole nitrogens is 1. The minimum atomic E-state index is -0.493. The molecule has 2 aromatic rings. The number of nitrogens with zero attached hydrogens (tertiary/aromatic N) is 2. The summed E-state index contributed by atoms with van der Waals surface area (Å²) < 4.78 is 0. The molecule has 1 amide bonds. The van der Waals surface area contributed by atoms with Crippen molar-refractivity contribution in [3.63, 3.8) is 0 Å². The van der Waals surface area contributed by atoms with Crippen molar-refractivity contribution in [3.8, 4) is 0 Å². The predicted octanol–water partition coefficient (Wildman–Crippen LogP) is 0.479. The summed E-state index contributed by atoms with van der Waals surface area (Å²) in [7, 11) is 0. The van der Waals surface area contributed by atoms with E-state index in [0.29, 0.717) is 16.7 Å². The lowest BCUT2D eigenvalue weighted by Crippen LogP contribution is -2.10. The van der Waals surface area contributed by atoms with Crippen LogP contribution in [0.25, 0.3) is 11.2 Å². The molecule has 0 radical (unpaired) electrons. The fourth-order valence-electron chi connectivity index (χ4n) is 0.960. The first kappa shape index (κ1) is 9.47. The van der Waals surface area contributed by atoms with Crippen LogP contribution in [0.4, 0.5) is 0 Å². The number of nitrogens with two attached hydrogens (primary N) is 1. The van der Waals surface area contributed by atoms with Gasteiger partial charge in [-0.1, -0.05) is 0 Å². The zero-order valence-corrected chi connectivity index (χ0v) is 7.34. The summed E-state index contributed by atoms with van der Waals surface area (Å²) in [5.41, 5.74) is 6.72. The molecule has 2 heterocycles. The molecule has 5 nitrogen and oxygen atoms in total. The second kappa shape index (κ2) is 3.40. The topological polar surface area (TPSA) is 84.7 Å². The number of pyridine rings is 1. The Morgan fingerprint density at radius 1 is 1.46 bits per heavy atom. The number of halogens is 1. The fraction of sp³-hybridized carbons (Fsp3) is 0. The van der Waals surface area contributed by atoms with Gasteiger partial charge in [0.2, 0.25) is 5.91 Å². The van der Waals surface area contributed by atoms with Crippen LogP contribution in [-0.2, 0) is 0 Å². The first-order chi connectivity index (χ1) is 5.77. The Bertz CT molecular complexity index is 439. The Morgan fingerprint density at radius 3 is 2.92 bits per heavy atom. The standard InChI is InChI=1S/C7H6N4O.ClH/c8-6(12)4-1-5-7(9-2-4)11-3-10-5;/h1-3H,(H2,8,12)(H,9,10,11);1H. The normalized spacial score (nSPS) is 9.54. The van der Waals surface area contributed by atoms with E-state index >= 15 is 0 Å². The highest BCUT2D eigenvalue weighted by Gasteiger charge is 2.03. The number of aromatic amines is 1. The van der Waals surface area contributed by atoms with E-state index in [1.54, 1.807) is 6.07 Å². The molecule has 2 aromatic heterocycles. The Morgan fingerprint density at radius 2 is 2.23 bits per heavy atom. The minimum Gasteiger partial charge on any atom is -0.366 e. The summed E-state index contributed by atoms with van der Waals surface area (Å²) in [6.07, 6.45) is 2.94. The lowest BCUT2D eigenvalue weighted by atomic mass is 10.2. The molecule has 0 saturated heterocycles. The lowest BCUT2D eigenvalue weighted by molar-refractivity contribution is 0.1000. The van der Waals surface area contributed by atoms with Crippen LogP contribution >= 0.6 is 12.4 Å². The van der Waals surface area contributed by atoms with Gasteiger partial charge in [0.1, 0.15) is 5.52 Å². The van der Waals surface area contributed by atoms with Gasteiger partial charge < -0.3 is 10.7 Å². The van der Waals surface area contributed by atoms with Crippen LogP contribution in [0.15, 0.2) is 18.6 Å². The van der Waals surface area contributed by atoms with Crippen LogP contribution < -0.4 is 5.73 Å². The van der Waals surface area contributed by atoms with Gasteiger partial charge in [-0.3, -0.25) is 4.79 Å². The van der Waals surface area contributed by atoms with Gasteiger partial charge in [0.05, 0.1) is 11.9 Å². The van der Waals surface area contributed by atoms with Gasteiger partial charge in [0.25, 0.3) is 0 Å². The van der Waals surface area contributed by atoms with Gasteiger partial charge in [-0.05, 0) is 6.07 Å². The molecule has 3 N–H and O–H groups in total. The van der Waals surface area contributed by atoms with Crippen molar-refractivity contribution in [3.05, 3.63) is 24.2 Å². The summed E-state index contributed by atoms with van der Waals surface area (Å²) in [5.74, 6) is -0.493. The molecule has 0 aliphatic rings. The minimum absolute atomic E-state index is 0. The van der Waals surface area contributed by atoms with Crippen molar-refractivity contribution in [1.82, 2.24) is 15.0 Å². The van der Waals surface area contributed by atoms with Crippen LogP contribution in [0, 0.1) is 0 Å². The molecule has 13 heavy (non-hydrogen) atoms. The monoisotopic (exact) mass is 198 g/mol. The first-order valence-electron chi connectivity index (χ1n) is 3.36. The fourth-order valence-corrected chi connectivity index (χ4v) is 0.960. The molecule has 0 bridgehead atoms. The van der Waals surface area contributed by atoms with E-state index in [4.69, 9.17) is 5.73 Å². The second-order valence-corrected chi connectivity index (χ2v) is 2.36. The van der Waals surface area contributed by atoms with E-state index in [9.17, 15) is 4.79 Å². The lowest BCUT2D eigenvalue weighted by Gasteiger charge is -1.92. The summed E-state index contributed by atoms with van der Waals surface area (Å²) in [5, 5.41) is 0. The van der Waals surface area contributed by atoms with Gasteiger partial charge in [-0.2, -0.15) is 0 Å². The van der Waals surface area contributed by atoms with Crippen LogP contribution in [0.3, 0.4) is 0 Å². The average Bonchev–Trinajstić information content (AvgIpc) is 2.49. The van der Waals surface area contributed by atoms with Crippen LogP contribution in [-0.4, -0.2) is 20.9 Å². The number of amides is 1. The van der Waals surface area contributed by atoms with Gasteiger partial charge in [0.15, 0.2) is 5.65 Å². The van der Waals surface area contributed by atoms with E-state index in [0.717, 1.165) is 0 Å². The summed E-state index contributed by atoms with van der Waals surface area (Å²) in [6, 6.07) is 1.60. The van der Waals surface area contributed by atoms with Gasteiger partial charge >= 0.3 is 0 Å². The van der Waals surface area contributed by atoms with Gasteiger partial charge in [0, 0.05) is 6.20 Å². The number of imidazole rings is 1. The number of hydrogen-bond acceptors (Lipinski definition) is 3. The third-order valence-corrected chi connectivity index (χ3v) is 1.56. The zero-order chi connectivity index (χ0) is 8.55. The molecule has 0 unspecified atom stereocenters. The van der Waals surface area contributed by atoms with E-state index in [1.807, 2.05) is 0 Å². The van der Waals surface area contributed by atoms with Crippen LogP contribution in [0.1, 0.15) is 10.4 Å². The first-order valence-corrected chi connectivity index (χ1v) is 3.36. The van der Waals surface area contributed by atoms with Gasteiger partial charge in [-0.25, -0.2) is 9.97 Å². The van der Waals surface area contributed by atoms with E-state index in [-0.39, 0.29) is 12.4 Å². The van der Waals surface area contributed by atoms with E-state index < -0.39 is 5.91 Å². The maximum absolute atomic E-state index is 10.7. The molecule has 6 heteroatoms. The van der Waals surface area contributed by atoms with Crippen LogP contribution in [0.2, 0.25) is 0 Å². The van der Waals surface area contributed by atoms with Crippen molar-refractivity contribution >= 4 is 29.5 Å². The van der Waals surface area contributed by atoms with Crippen molar-refractivity contribution in [2.75, 3.05) is 0 Å². The molecule has 2 rings (SSSR count). The number of carbonyl (C=O) groups is 1. The molecule has 0 spiro atoms. The quantitative estimate of drug-likeness (QED) is 0.699. The Balaban J connectivity index is 0.000000845. The summed E-state index contributed by atoms with van der Waals surface area (Å²) in [6.45, 7) is 0. The molecule has 0 saturated carbocycles. The number of nitrogens with one attached hydrogen (secondary N) is 1. The maximum atomic E-state index is 10.7. The Kier molecular flexibility index (Phi) is 2.48. The molecular weight excluding hydrogens is 192 g/mol. The summed E-state index contributed by atoms with van der Waals surface area (Å²) in [4.78, 5) is 21.4. The molecule has 0 aliphatic heterocycles. The number of fused-ring (bicyclic) bond motifs is 1. The maximum Gasteiger partial charge on any atom is 0.250 e. The number of aromatic nitrogens is 3. The Hall–Kier alpha value is -1.62. The third-order valence-electron chi connectivity index (χ3n) is 1.56. The highest BCUT2D eigenvalue weighted by molar-refractivity contribution is 5.94. The molecule has 68 valence electrons. The Labute approximate surface area is 79.8 Å². The summed E-state index contributed by atoms with van der Waals surface area (Å²) >= 11 is 0. The van der Waals surface area contributed by atoms with Crippen molar-refractivity contribution < 1.29 is 4.79 Å². The van der Waals surface area contributed by atoms with Gasteiger partial charge in [-0.15, -0.1) is 12.4 Å². The van der Waals surface area contributed by atoms with Crippen LogP contribution in [0.5, 0.6) is 0 Å². The SMILES string of the molecule is Cl.NC(=O)c1cnc2[nH]cnc2c1. The highest BCUT2D eigenvalue weighted by atomic mass is 35.5.